The molecule has 2 aromatic rings. The van der Waals surface area contributed by atoms with Crippen molar-refractivity contribution in [3.8, 4) is 0 Å². The third-order valence-corrected chi connectivity index (χ3v) is 4.24. The zero-order valence-corrected chi connectivity index (χ0v) is 16.3. The maximum absolute atomic E-state index is 12.3. The zero-order valence-electron chi connectivity index (χ0n) is 14.7. The SMILES string of the molecule is C[C@@H](OC(=O)/C=C/c1cccc(Cl)c1)C(=O)c1ccc(NS(C)(=O)=O)cc1. The van der Waals surface area contributed by atoms with Gasteiger partial charge in [-0.2, -0.15) is 0 Å². The predicted octanol–water partition coefficient (Wildman–Crippen LogP) is 3.54. The van der Waals surface area contributed by atoms with E-state index < -0.39 is 27.9 Å². The molecule has 0 radical (unpaired) electrons. The molecule has 0 aliphatic carbocycles. The lowest BCUT2D eigenvalue weighted by molar-refractivity contribution is -0.140. The summed E-state index contributed by atoms with van der Waals surface area (Å²) in [4.78, 5) is 24.2. The number of ketones is 1. The number of benzene rings is 2. The van der Waals surface area contributed by atoms with Crippen LogP contribution in [-0.4, -0.2) is 32.5 Å². The topological polar surface area (TPSA) is 89.5 Å². The largest absolute Gasteiger partial charge is 0.451 e. The van der Waals surface area contributed by atoms with Crippen LogP contribution in [0.15, 0.2) is 54.6 Å². The van der Waals surface area contributed by atoms with Gasteiger partial charge < -0.3 is 4.74 Å². The maximum atomic E-state index is 12.3. The van der Waals surface area contributed by atoms with Gasteiger partial charge in [-0.05, 0) is 55.0 Å². The Hall–Kier alpha value is -2.64. The minimum absolute atomic E-state index is 0.299. The van der Waals surface area contributed by atoms with Crippen LogP contribution in [0.2, 0.25) is 5.02 Å². The highest BCUT2D eigenvalue weighted by molar-refractivity contribution is 7.92. The molecule has 0 saturated carbocycles. The van der Waals surface area contributed by atoms with Crippen molar-refractivity contribution >= 4 is 45.1 Å². The first kappa shape index (κ1) is 20.7. The number of carbonyl (C=O) groups excluding carboxylic acids is 2. The average molecular weight is 408 g/mol. The van der Waals surface area contributed by atoms with Gasteiger partial charge in [-0.25, -0.2) is 13.2 Å². The Morgan fingerprint density at radius 1 is 1.15 bits per heavy atom. The number of rotatable bonds is 7. The third-order valence-electron chi connectivity index (χ3n) is 3.40. The fourth-order valence-corrected chi connectivity index (χ4v) is 2.96. The molecule has 0 aliphatic rings. The van der Waals surface area contributed by atoms with Crippen molar-refractivity contribution < 1.29 is 22.7 Å². The van der Waals surface area contributed by atoms with E-state index in [2.05, 4.69) is 4.72 Å². The van der Waals surface area contributed by atoms with Crippen molar-refractivity contribution in [2.75, 3.05) is 11.0 Å². The van der Waals surface area contributed by atoms with Crippen LogP contribution < -0.4 is 4.72 Å². The van der Waals surface area contributed by atoms with E-state index in [1.54, 1.807) is 24.3 Å². The minimum atomic E-state index is -3.39. The molecule has 0 heterocycles. The van der Waals surface area contributed by atoms with Gasteiger partial charge in [0, 0.05) is 22.3 Å². The monoisotopic (exact) mass is 407 g/mol. The predicted molar refractivity (Wildman–Crippen MR) is 105 cm³/mol. The number of halogens is 1. The van der Waals surface area contributed by atoms with Gasteiger partial charge in [-0.3, -0.25) is 9.52 Å². The van der Waals surface area contributed by atoms with E-state index >= 15 is 0 Å². The first-order valence-electron chi connectivity index (χ1n) is 7.90. The molecule has 0 aliphatic heterocycles. The van der Waals surface area contributed by atoms with Crippen molar-refractivity contribution in [1.82, 2.24) is 0 Å². The Balaban J connectivity index is 1.97. The van der Waals surface area contributed by atoms with Gasteiger partial charge in [0.2, 0.25) is 15.8 Å². The lowest BCUT2D eigenvalue weighted by Gasteiger charge is -2.11. The molecule has 142 valence electrons. The number of nitrogens with one attached hydrogen (secondary N) is 1. The number of Topliss-reactive ketones (excluding diaryl/α,β-unsaturated/α-hetero) is 1. The average Bonchev–Trinajstić information content (AvgIpc) is 2.58. The molecule has 0 fully saturated rings. The quantitative estimate of drug-likeness (QED) is 0.430. The molecular weight excluding hydrogens is 390 g/mol. The molecule has 0 spiro atoms. The molecule has 27 heavy (non-hydrogen) atoms. The lowest BCUT2D eigenvalue weighted by atomic mass is 10.1. The van der Waals surface area contributed by atoms with Crippen molar-refractivity contribution in [1.29, 1.82) is 0 Å². The lowest BCUT2D eigenvalue weighted by Crippen LogP contribution is -2.23. The standard InChI is InChI=1S/C19H18ClNO5S/c1-13(26-18(22)11-6-14-4-3-5-16(20)12-14)19(23)15-7-9-17(10-8-15)21-27(2,24)25/h3-13,21H,1-2H3/b11-6+/t13-/m1/s1. The van der Waals surface area contributed by atoms with Gasteiger partial charge in [0.25, 0.3) is 0 Å². The molecule has 0 aromatic heterocycles. The van der Waals surface area contributed by atoms with Gasteiger partial charge in [-0.1, -0.05) is 23.7 Å². The number of sulfonamides is 1. The summed E-state index contributed by atoms with van der Waals surface area (Å²) in [6.45, 7) is 1.47. The van der Waals surface area contributed by atoms with E-state index in [0.717, 1.165) is 11.8 Å². The van der Waals surface area contributed by atoms with Crippen LogP contribution in [0.5, 0.6) is 0 Å². The summed E-state index contributed by atoms with van der Waals surface area (Å²) in [7, 11) is -3.39. The van der Waals surface area contributed by atoms with E-state index in [9.17, 15) is 18.0 Å². The van der Waals surface area contributed by atoms with Crippen LogP contribution in [-0.2, 0) is 19.6 Å². The molecule has 8 heteroatoms. The maximum Gasteiger partial charge on any atom is 0.331 e. The van der Waals surface area contributed by atoms with Gasteiger partial charge in [0.15, 0.2) is 6.10 Å². The van der Waals surface area contributed by atoms with E-state index in [0.29, 0.717) is 16.3 Å². The molecular formula is C19H18ClNO5S. The molecule has 1 atom stereocenters. The second kappa shape index (κ2) is 8.83. The summed E-state index contributed by atoms with van der Waals surface area (Å²) >= 11 is 5.87. The number of hydrogen-bond donors (Lipinski definition) is 1. The van der Waals surface area contributed by atoms with Crippen LogP contribution >= 0.6 is 11.6 Å². The highest BCUT2D eigenvalue weighted by Crippen LogP contribution is 2.14. The first-order valence-corrected chi connectivity index (χ1v) is 10.2. The molecule has 2 aromatic carbocycles. The summed E-state index contributed by atoms with van der Waals surface area (Å²) in [5.74, 6) is -1.06. The highest BCUT2D eigenvalue weighted by atomic mass is 35.5. The smallest absolute Gasteiger partial charge is 0.331 e. The second-order valence-electron chi connectivity index (χ2n) is 5.78. The molecule has 0 amide bonds. The molecule has 0 unspecified atom stereocenters. The molecule has 0 bridgehead atoms. The summed E-state index contributed by atoms with van der Waals surface area (Å²) in [6.07, 6.45) is 2.80. The summed E-state index contributed by atoms with van der Waals surface area (Å²) < 4.78 is 29.8. The van der Waals surface area contributed by atoms with Crippen molar-refractivity contribution in [2.45, 2.75) is 13.0 Å². The van der Waals surface area contributed by atoms with Crippen LogP contribution in [0, 0.1) is 0 Å². The van der Waals surface area contributed by atoms with Crippen LogP contribution in [0.4, 0.5) is 5.69 Å². The van der Waals surface area contributed by atoms with Crippen molar-refractivity contribution in [3.05, 3.63) is 70.8 Å². The summed E-state index contributed by atoms with van der Waals surface area (Å²) in [5, 5.41) is 0.544. The molecule has 0 saturated heterocycles. The van der Waals surface area contributed by atoms with Crippen LogP contribution in [0.1, 0.15) is 22.8 Å². The Morgan fingerprint density at radius 3 is 2.41 bits per heavy atom. The Kier molecular flexibility index (Phi) is 6.76. The third kappa shape index (κ3) is 6.88. The number of hydrogen-bond acceptors (Lipinski definition) is 5. The van der Waals surface area contributed by atoms with E-state index in [-0.39, 0.29) is 0 Å². The summed E-state index contributed by atoms with van der Waals surface area (Å²) in [5.41, 5.74) is 1.36. The van der Waals surface area contributed by atoms with Gasteiger partial charge in [0.05, 0.1) is 6.26 Å². The zero-order chi connectivity index (χ0) is 20.0. The number of carbonyl (C=O) groups is 2. The van der Waals surface area contributed by atoms with Crippen molar-refractivity contribution in [3.63, 3.8) is 0 Å². The molecule has 6 nitrogen and oxygen atoms in total. The minimum Gasteiger partial charge on any atom is -0.451 e. The van der Waals surface area contributed by atoms with Crippen LogP contribution in [0.25, 0.3) is 6.08 Å². The number of ether oxygens (including phenoxy) is 1. The molecule has 1 N–H and O–H groups in total. The van der Waals surface area contributed by atoms with Gasteiger partial charge in [0.1, 0.15) is 0 Å². The first-order chi connectivity index (χ1) is 12.6. The van der Waals surface area contributed by atoms with Crippen LogP contribution in [0.3, 0.4) is 0 Å². The Morgan fingerprint density at radius 2 is 1.81 bits per heavy atom. The van der Waals surface area contributed by atoms with E-state index in [1.165, 1.54) is 43.3 Å². The fourth-order valence-electron chi connectivity index (χ4n) is 2.19. The highest BCUT2D eigenvalue weighted by Gasteiger charge is 2.18. The van der Waals surface area contributed by atoms with Crippen molar-refractivity contribution in [2.24, 2.45) is 0 Å². The van der Waals surface area contributed by atoms with Gasteiger partial charge in [-0.15, -0.1) is 0 Å². The van der Waals surface area contributed by atoms with E-state index in [4.69, 9.17) is 16.3 Å². The van der Waals surface area contributed by atoms with Gasteiger partial charge >= 0.3 is 5.97 Å². The van der Waals surface area contributed by atoms with E-state index in [1.807, 2.05) is 0 Å². The Bertz CT molecular complexity index is 968. The number of esters is 1. The fraction of sp³-hybridized carbons (Fsp3) is 0.158. The normalized spacial score (nSPS) is 12.6. The number of anilines is 1. The summed E-state index contributed by atoms with van der Waals surface area (Å²) in [6, 6.07) is 12.8. The second-order valence-corrected chi connectivity index (χ2v) is 7.97. The Labute approximate surface area is 162 Å². The molecule has 2 rings (SSSR count).